The number of nitrogens with two attached hydrogens (primary N) is 1. The number of rotatable bonds is 6. The molecule has 1 rings (SSSR count). The molecule has 1 aliphatic carbocycles. The lowest BCUT2D eigenvalue weighted by molar-refractivity contribution is 0.0112. The minimum absolute atomic E-state index is 0.0491. The number of ether oxygens (including phenoxy) is 1. The normalized spacial score (nSPS) is 30.0. The summed E-state index contributed by atoms with van der Waals surface area (Å²) in [4.78, 5) is 0. The molecule has 0 spiro atoms. The maximum absolute atomic E-state index is 9.01. The molecule has 0 saturated heterocycles. The molecule has 0 aliphatic heterocycles. The SMILES string of the molecule is CC1CCCC(OCCCC(C)(N)CO)C1. The molecule has 0 aromatic rings. The van der Waals surface area contributed by atoms with Crippen molar-refractivity contribution in [2.45, 2.75) is 64.0 Å². The van der Waals surface area contributed by atoms with E-state index in [2.05, 4.69) is 6.92 Å². The van der Waals surface area contributed by atoms with Gasteiger partial charge in [0.05, 0.1) is 12.7 Å². The van der Waals surface area contributed by atoms with Crippen LogP contribution in [0.2, 0.25) is 0 Å². The van der Waals surface area contributed by atoms with Gasteiger partial charge in [-0.15, -0.1) is 0 Å². The molecule has 0 aromatic carbocycles. The van der Waals surface area contributed by atoms with E-state index >= 15 is 0 Å². The van der Waals surface area contributed by atoms with Crippen molar-refractivity contribution in [1.82, 2.24) is 0 Å². The van der Waals surface area contributed by atoms with Crippen LogP contribution < -0.4 is 5.73 Å². The lowest BCUT2D eigenvalue weighted by atomic mass is 9.89. The van der Waals surface area contributed by atoms with Crippen molar-refractivity contribution in [2.24, 2.45) is 11.7 Å². The Morgan fingerprint density at radius 1 is 1.44 bits per heavy atom. The topological polar surface area (TPSA) is 55.5 Å². The van der Waals surface area contributed by atoms with E-state index in [1.807, 2.05) is 6.92 Å². The first kappa shape index (κ1) is 13.9. The van der Waals surface area contributed by atoms with Gasteiger partial charge >= 0.3 is 0 Å². The molecule has 0 aromatic heterocycles. The second kappa shape index (κ2) is 6.58. The molecule has 1 saturated carbocycles. The molecule has 3 N–H and O–H groups in total. The maximum Gasteiger partial charge on any atom is 0.0608 e. The summed E-state index contributed by atoms with van der Waals surface area (Å²) in [5.41, 5.74) is 5.41. The highest BCUT2D eigenvalue weighted by molar-refractivity contribution is 4.77. The van der Waals surface area contributed by atoms with E-state index in [-0.39, 0.29) is 6.61 Å². The Morgan fingerprint density at radius 3 is 2.81 bits per heavy atom. The molecule has 0 heterocycles. The number of hydrogen-bond acceptors (Lipinski definition) is 3. The first-order valence-electron chi connectivity index (χ1n) is 6.55. The fourth-order valence-corrected chi connectivity index (χ4v) is 2.33. The van der Waals surface area contributed by atoms with E-state index in [1.165, 1.54) is 25.7 Å². The summed E-state index contributed by atoms with van der Waals surface area (Å²) in [7, 11) is 0. The Labute approximate surface area is 99.4 Å². The third-order valence-electron chi connectivity index (χ3n) is 3.50. The predicted molar refractivity (Wildman–Crippen MR) is 66.3 cm³/mol. The van der Waals surface area contributed by atoms with E-state index in [4.69, 9.17) is 15.6 Å². The van der Waals surface area contributed by atoms with Gasteiger partial charge in [-0.1, -0.05) is 19.8 Å². The molecule has 1 aliphatic rings. The van der Waals surface area contributed by atoms with Crippen LogP contribution in [-0.4, -0.2) is 30.0 Å². The van der Waals surface area contributed by atoms with Crippen LogP contribution in [0, 0.1) is 5.92 Å². The summed E-state index contributed by atoms with van der Waals surface area (Å²) in [6, 6.07) is 0. The Morgan fingerprint density at radius 2 is 2.19 bits per heavy atom. The Kier molecular flexibility index (Phi) is 5.73. The second-order valence-electron chi connectivity index (χ2n) is 5.68. The lowest BCUT2D eigenvalue weighted by Gasteiger charge is -2.27. The summed E-state index contributed by atoms with van der Waals surface area (Å²) in [6.07, 6.45) is 7.30. The Hall–Kier alpha value is -0.120. The molecular formula is C13H27NO2. The summed E-state index contributed by atoms with van der Waals surface area (Å²) in [5.74, 6) is 0.816. The third kappa shape index (κ3) is 5.28. The fraction of sp³-hybridized carbons (Fsp3) is 1.00. The largest absolute Gasteiger partial charge is 0.394 e. The zero-order valence-electron chi connectivity index (χ0n) is 10.7. The van der Waals surface area contributed by atoms with Gasteiger partial charge in [-0.25, -0.2) is 0 Å². The summed E-state index contributed by atoms with van der Waals surface area (Å²) >= 11 is 0. The molecule has 0 radical (unpaired) electrons. The van der Waals surface area contributed by atoms with E-state index in [0.717, 1.165) is 25.4 Å². The van der Waals surface area contributed by atoms with Gasteiger partial charge in [0.2, 0.25) is 0 Å². The molecular weight excluding hydrogens is 202 g/mol. The molecule has 16 heavy (non-hydrogen) atoms. The zero-order chi connectivity index (χ0) is 12.0. The molecule has 3 unspecified atom stereocenters. The van der Waals surface area contributed by atoms with Crippen LogP contribution in [0.15, 0.2) is 0 Å². The van der Waals surface area contributed by atoms with Gasteiger partial charge in [0.25, 0.3) is 0 Å². The molecule has 96 valence electrons. The summed E-state index contributed by atoms with van der Waals surface area (Å²) in [5, 5.41) is 9.01. The van der Waals surface area contributed by atoms with Crippen LogP contribution in [0.5, 0.6) is 0 Å². The predicted octanol–water partition coefficient (Wildman–Crippen LogP) is 2.07. The van der Waals surface area contributed by atoms with Gasteiger partial charge in [0.1, 0.15) is 0 Å². The fourth-order valence-electron chi connectivity index (χ4n) is 2.33. The van der Waals surface area contributed by atoms with E-state index in [1.54, 1.807) is 0 Å². The molecule has 3 nitrogen and oxygen atoms in total. The third-order valence-corrected chi connectivity index (χ3v) is 3.50. The molecule has 3 heteroatoms. The van der Waals surface area contributed by atoms with Crippen LogP contribution in [0.1, 0.15) is 52.4 Å². The number of hydrogen-bond donors (Lipinski definition) is 2. The molecule has 0 amide bonds. The van der Waals surface area contributed by atoms with Gasteiger partial charge in [-0.05, 0) is 38.5 Å². The highest BCUT2D eigenvalue weighted by atomic mass is 16.5. The van der Waals surface area contributed by atoms with Crippen LogP contribution in [0.25, 0.3) is 0 Å². The van der Waals surface area contributed by atoms with Crippen LogP contribution in [0.4, 0.5) is 0 Å². The van der Waals surface area contributed by atoms with Crippen LogP contribution in [0.3, 0.4) is 0 Å². The summed E-state index contributed by atoms with van der Waals surface area (Å²) in [6.45, 7) is 5.02. The van der Waals surface area contributed by atoms with Crippen molar-refractivity contribution in [2.75, 3.05) is 13.2 Å². The quantitative estimate of drug-likeness (QED) is 0.686. The van der Waals surface area contributed by atoms with Crippen molar-refractivity contribution < 1.29 is 9.84 Å². The maximum atomic E-state index is 9.01. The standard InChI is InChI=1S/C13H27NO2/c1-11-5-3-6-12(9-11)16-8-4-7-13(2,14)10-15/h11-12,15H,3-10,14H2,1-2H3. The Balaban J connectivity index is 2.06. The van der Waals surface area contributed by atoms with Crippen molar-refractivity contribution in [1.29, 1.82) is 0 Å². The molecule has 3 atom stereocenters. The summed E-state index contributed by atoms with van der Waals surface area (Å²) < 4.78 is 5.86. The average Bonchev–Trinajstić information content (AvgIpc) is 2.25. The minimum atomic E-state index is -0.441. The zero-order valence-corrected chi connectivity index (χ0v) is 10.7. The minimum Gasteiger partial charge on any atom is -0.394 e. The van der Waals surface area contributed by atoms with Gasteiger partial charge in [-0.2, -0.15) is 0 Å². The van der Waals surface area contributed by atoms with E-state index in [0.29, 0.717) is 6.10 Å². The average molecular weight is 229 g/mol. The van der Waals surface area contributed by atoms with Crippen molar-refractivity contribution >= 4 is 0 Å². The van der Waals surface area contributed by atoms with Crippen molar-refractivity contribution in [3.63, 3.8) is 0 Å². The smallest absolute Gasteiger partial charge is 0.0608 e. The van der Waals surface area contributed by atoms with Gasteiger partial charge in [-0.3, -0.25) is 0 Å². The first-order chi connectivity index (χ1) is 7.53. The Bertz CT molecular complexity index is 194. The van der Waals surface area contributed by atoms with E-state index < -0.39 is 5.54 Å². The van der Waals surface area contributed by atoms with Crippen LogP contribution in [-0.2, 0) is 4.74 Å². The lowest BCUT2D eigenvalue weighted by Crippen LogP contribution is -2.40. The van der Waals surface area contributed by atoms with Gasteiger partial charge < -0.3 is 15.6 Å². The van der Waals surface area contributed by atoms with Crippen molar-refractivity contribution in [3.8, 4) is 0 Å². The van der Waals surface area contributed by atoms with E-state index in [9.17, 15) is 0 Å². The number of aliphatic hydroxyl groups is 1. The van der Waals surface area contributed by atoms with Gasteiger partial charge in [0, 0.05) is 12.1 Å². The van der Waals surface area contributed by atoms with Gasteiger partial charge in [0.15, 0.2) is 0 Å². The number of aliphatic hydroxyl groups excluding tert-OH is 1. The highest BCUT2D eigenvalue weighted by Crippen LogP contribution is 2.25. The second-order valence-corrected chi connectivity index (χ2v) is 5.68. The monoisotopic (exact) mass is 229 g/mol. The first-order valence-corrected chi connectivity index (χ1v) is 6.55. The highest BCUT2D eigenvalue weighted by Gasteiger charge is 2.20. The van der Waals surface area contributed by atoms with Crippen molar-refractivity contribution in [3.05, 3.63) is 0 Å². The molecule has 0 bridgehead atoms. The molecule has 1 fully saturated rings. The van der Waals surface area contributed by atoms with Crippen LogP contribution >= 0.6 is 0 Å².